The molecule has 0 aliphatic rings. The molecule has 2 amide bonds. The zero-order valence-corrected chi connectivity index (χ0v) is 11.7. The van der Waals surface area contributed by atoms with Gasteiger partial charge in [-0.15, -0.1) is 0 Å². The summed E-state index contributed by atoms with van der Waals surface area (Å²) in [6, 6.07) is 5.50. The molecule has 0 aromatic heterocycles. The predicted octanol–water partition coefficient (Wildman–Crippen LogP) is 4.07. The Bertz CT molecular complexity index is 542. The van der Waals surface area contributed by atoms with Crippen molar-refractivity contribution < 1.29 is 4.79 Å². The van der Waals surface area contributed by atoms with Gasteiger partial charge in [-0.25, -0.2) is 4.79 Å². The summed E-state index contributed by atoms with van der Waals surface area (Å²) in [7, 11) is 0. The molecule has 0 radical (unpaired) electrons. The van der Waals surface area contributed by atoms with Crippen molar-refractivity contribution in [3.8, 4) is 0 Å². The number of urea groups is 1. The predicted molar refractivity (Wildman–Crippen MR) is 81.2 cm³/mol. The van der Waals surface area contributed by atoms with E-state index in [2.05, 4.69) is 23.8 Å². The Morgan fingerprint density at radius 3 is 2.47 bits per heavy atom. The van der Waals surface area contributed by atoms with Crippen molar-refractivity contribution in [2.24, 2.45) is 0 Å². The molecule has 0 unspecified atom stereocenters. The number of amides is 2. The molecule has 0 saturated heterocycles. The maximum atomic E-state index is 11.9. The number of rotatable bonds is 4. The molecule has 3 heteroatoms. The van der Waals surface area contributed by atoms with Crippen molar-refractivity contribution in [2.45, 2.75) is 20.8 Å². The first-order chi connectivity index (χ1) is 8.93. The van der Waals surface area contributed by atoms with Crippen molar-refractivity contribution in [1.82, 2.24) is 5.32 Å². The van der Waals surface area contributed by atoms with E-state index in [1.807, 2.05) is 39.0 Å². The van der Waals surface area contributed by atoms with Crippen LogP contribution in [0.25, 0.3) is 0 Å². The van der Waals surface area contributed by atoms with Crippen molar-refractivity contribution in [2.75, 3.05) is 5.32 Å². The fourth-order valence-corrected chi connectivity index (χ4v) is 1.51. The summed E-state index contributed by atoms with van der Waals surface area (Å²) in [5.41, 5.74) is 4.52. The van der Waals surface area contributed by atoms with Crippen molar-refractivity contribution in [3.63, 3.8) is 0 Å². The van der Waals surface area contributed by atoms with Gasteiger partial charge >= 0.3 is 6.03 Å². The highest BCUT2D eigenvalue weighted by molar-refractivity contribution is 5.91. The minimum atomic E-state index is -0.292. The second-order valence-corrected chi connectivity index (χ2v) is 4.47. The molecule has 100 valence electrons. The molecular weight excluding hydrogens is 236 g/mol. The molecule has 0 fully saturated rings. The van der Waals surface area contributed by atoms with Crippen LogP contribution in [0.2, 0.25) is 0 Å². The topological polar surface area (TPSA) is 41.1 Å². The van der Waals surface area contributed by atoms with Crippen molar-refractivity contribution >= 4 is 11.7 Å². The fourth-order valence-electron chi connectivity index (χ4n) is 1.51. The van der Waals surface area contributed by atoms with Gasteiger partial charge in [0, 0.05) is 11.4 Å². The van der Waals surface area contributed by atoms with Crippen LogP contribution >= 0.6 is 0 Å². The number of hydrogen-bond acceptors (Lipinski definition) is 1. The van der Waals surface area contributed by atoms with Crippen LogP contribution in [0.1, 0.15) is 18.1 Å². The summed E-state index contributed by atoms with van der Waals surface area (Å²) in [6.45, 7) is 13.3. The molecule has 1 aromatic carbocycles. The molecule has 0 aliphatic carbocycles. The molecule has 0 spiro atoms. The SMILES string of the molecule is C=C/C=C(/NC(=O)Nc1ccc(C)c(C)c1)C(=C)C. The third-order valence-corrected chi connectivity index (χ3v) is 2.76. The van der Waals surface area contributed by atoms with Gasteiger partial charge in [-0.05, 0) is 55.7 Å². The number of benzene rings is 1. The van der Waals surface area contributed by atoms with Crippen LogP contribution in [0.15, 0.2) is 54.8 Å². The monoisotopic (exact) mass is 256 g/mol. The molecule has 2 N–H and O–H groups in total. The Morgan fingerprint density at radius 2 is 1.95 bits per heavy atom. The van der Waals surface area contributed by atoms with Crippen LogP contribution in [0.5, 0.6) is 0 Å². The third kappa shape index (κ3) is 4.47. The number of carbonyl (C=O) groups excluding carboxylic acids is 1. The van der Waals surface area contributed by atoms with Crippen LogP contribution in [0.4, 0.5) is 10.5 Å². The Morgan fingerprint density at radius 1 is 1.26 bits per heavy atom. The summed E-state index contributed by atoms with van der Waals surface area (Å²) in [5.74, 6) is 0. The van der Waals surface area contributed by atoms with Crippen molar-refractivity contribution in [1.29, 1.82) is 0 Å². The molecule has 0 atom stereocenters. The van der Waals surface area contributed by atoms with Gasteiger partial charge in [-0.3, -0.25) is 0 Å². The number of hydrogen-bond donors (Lipinski definition) is 2. The Kier molecular flexibility index (Phi) is 5.12. The average molecular weight is 256 g/mol. The van der Waals surface area contributed by atoms with E-state index >= 15 is 0 Å². The van der Waals surface area contributed by atoms with Gasteiger partial charge in [0.15, 0.2) is 0 Å². The zero-order chi connectivity index (χ0) is 14.4. The average Bonchev–Trinajstić information content (AvgIpc) is 2.33. The van der Waals surface area contributed by atoms with Gasteiger partial charge in [-0.1, -0.05) is 25.3 Å². The van der Waals surface area contributed by atoms with Crippen LogP contribution in [-0.4, -0.2) is 6.03 Å². The second kappa shape index (κ2) is 6.59. The maximum absolute atomic E-state index is 11.9. The van der Waals surface area contributed by atoms with Crippen LogP contribution in [-0.2, 0) is 0 Å². The fraction of sp³-hybridized carbons (Fsp3) is 0.188. The maximum Gasteiger partial charge on any atom is 0.323 e. The van der Waals surface area contributed by atoms with E-state index in [9.17, 15) is 4.79 Å². The molecule has 0 heterocycles. The highest BCUT2D eigenvalue weighted by Crippen LogP contribution is 2.14. The summed E-state index contributed by atoms with van der Waals surface area (Å²) >= 11 is 0. The van der Waals surface area contributed by atoms with E-state index in [0.717, 1.165) is 16.8 Å². The summed E-state index contributed by atoms with van der Waals surface area (Å²) < 4.78 is 0. The molecular formula is C16H20N2O. The van der Waals surface area contributed by atoms with Crippen LogP contribution in [0, 0.1) is 13.8 Å². The first kappa shape index (κ1) is 14.8. The van der Waals surface area contributed by atoms with E-state index in [-0.39, 0.29) is 6.03 Å². The molecule has 19 heavy (non-hydrogen) atoms. The number of allylic oxidation sites excluding steroid dienone is 3. The van der Waals surface area contributed by atoms with Gasteiger partial charge in [0.1, 0.15) is 0 Å². The van der Waals surface area contributed by atoms with E-state index in [1.165, 1.54) is 5.56 Å². The van der Waals surface area contributed by atoms with Crippen LogP contribution in [0.3, 0.4) is 0 Å². The normalized spacial score (nSPS) is 10.8. The highest BCUT2D eigenvalue weighted by Gasteiger charge is 2.05. The lowest BCUT2D eigenvalue weighted by molar-refractivity contribution is 0.254. The molecule has 3 nitrogen and oxygen atoms in total. The number of anilines is 1. The van der Waals surface area contributed by atoms with Gasteiger partial charge in [0.05, 0.1) is 0 Å². The quantitative estimate of drug-likeness (QED) is 0.783. The largest absolute Gasteiger partial charge is 0.323 e. The number of carbonyl (C=O) groups is 1. The number of aryl methyl sites for hydroxylation is 2. The van der Waals surface area contributed by atoms with Gasteiger partial charge < -0.3 is 10.6 Å². The molecule has 0 aliphatic heterocycles. The Balaban J connectivity index is 2.74. The molecule has 1 rings (SSSR count). The lowest BCUT2D eigenvalue weighted by atomic mass is 10.1. The minimum absolute atomic E-state index is 0.292. The van der Waals surface area contributed by atoms with E-state index in [1.54, 1.807) is 12.2 Å². The standard InChI is InChI=1S/C16H20N2O/c1-6-7-15(11(2)3)18-16(19)17-14-9-8-12(4)13(5)10-14/h6-10H,1-2H2,3-5H3,(H2,17,18,19)/b15-7+. The lowest BCUT2D eigenvalue weighted by Crippen LogP contribution is -2.28. The Labute approximate surface area is 114 Å². The van der Waals surface area contributed by atoms with E-state index in [4.69, 9.17) is 0 Å². The van der Waals surface area contributed by atoms with E-state index in [0.29, 0.717) is 5.70 Å². The minimum Gasteiger partial charge on any atom is -0.308 e. The number of nitrogens with one attached hydrogen (secondary N) is 2. The first-order valence-electron chi connectivity index (χ1n) is 6.08. The van der Waals surface area contributed by atoms with Gasteiger partial charge in [0.2, 0.25) is 0 Å². The Hall–Kier alpha value is -2.29. The summed E-state index contributed by atoms with van der Waals surface area (Å²) in [4.78, 5) is 11.9. The van der Waals surface area contributed by atoms with Crippen LogP contribution < -0.4 is 10.6 Å². The molecule has 0 bridgehead atoms. The molecule has 0 saturated carbocycles. The van der Waals surface area contributed by atoms with Crippen molar-refractivity contribution in [3.05, 3.63) is 65.9 Å². The smallest absolute Gasteiger partial charge is 0.308 e. The second-order valence-electron chi connectivity index (χ2n) is 4.47. The van der Waals surface area contributed by atoms with E-state index < -0.39 is 0 Å². The zero-order valence-electron chi connectivity index (χ0n) is 11.7. The first-order valence-corrected chi connectivity index (χ1v) is 6.08. The van der Waals surface area contributed by atoms with Gasteiger partial charge in [-0.2, -0.15) is 0 Å². The highest BCUT2D eigenvalue weighted by atomic mass is 16.2. The van der Waals surface area contributed by atoms with Gasteiger partial charge in [0.25, 0.3) is 0 Å². The summed E-state index contributed by atoms with van der Waals surface area (Å²) in [5, 5.41) is 5.53. The summed E-state index contributed by atoms with van der Waals surface area (Å²) in [6.07, 6.45) is 3.32. The lowest BCUT2D eigenvalue weighted by Gasteiger charge is -2.11. The molecule has 1 aromatic rings. The third-order valence-electron chi connectivity index (χ3n) is 2.76.